The Bertz CT molecular complexity index is 2040. The van der Waals surface area contributed by atoms with E-state index in [4.69, 9.17) is 0 Å². The summed E-state index contributed by atoms with van der Waals surface area (Å²) in [5.41, 5.74) is 2.02. The van der Waals surface area contributed by atoms with Crippen LogP contribution >= 0.6 is 0 Å². The molecule has 2 heterocycles. The number of carbonyl (C=O) groups excluding carboxylic acids is 3. The van der Waals surface area contributed by atoms with E-state index in [1.165, 1.54) is 12.8 Å². The molecule has 2 atom stereocenters. The summed E-state index contributed by atoms with van der Waals surface area (Å²) >= 11 is 0. The SMILES string of the molecule is C=CCC(C)(CC)N(Cc1cc2ccccc2n(C)c1=O)C(=O)C1CCCCC1.CCC(C)(CC=O)N(Cc1cc2ccccc2n(C)c1=O)C(=O)C1CCCCC1. The van der Waals surface area contributed by atoms with E-state index in [9.17, 15) is 24.0 Å². The van der Waals surface area contributed by atoms with Gasteiger partial charge >= 0.3 is 0 Å². The van der Waals surface area contributed by atoms with Gasteiger partial charge < -0.3 is 23.7 Å². The number of aldehydes is 1. The van der Waals surface area contributed by atoms with E-state index in [0.717, 1.165) is 92.3 Å². The van der Waals surface area contributed by atoms with Crippen molar-refractivity contribution in [3.8, 4) is 0 Å². The van der Waals surface area contributed by atoms with Crippen LogP contribution in [0.4, 0.5) is 0 Å². The van der Waals surface area contributed by atoms with Crippen LogP contribution < -0.4 is 11.1 Å². The summed E-state index contributed by atoms with van der Waals surface area (Å²) in [6.45, 7) is 12.7. The largest absolute Gasteiger partial charge is 0.332 e. The quantitative estimate of drug-likeness (QED) is 0.0936. The summed E-state index contributed by atoms with van der Waals surface area (Å²) in [5.74, 6) is 0.353. The Balaban J connectivity index is 0.000000221. The van der Waals surface area contributed by atoms with Crippen LogP contribution in [0.1, 0.15) is 129 Å². The van der Waals surface area contributed by atoms with Crippen molar-refractivity contribution in [3.05, 3.63) is 105 Å². The van der Waals surface area contributed by atoms with Gasteiger partial charge in [-0.05, 0) is 93.8 Å². The van der Waals surface area contributed by atoms with Gasteiger partial charge in [0.1, 0.15) is 6.29 Å². The van der Waals surface area contributed by atoms with Gasteiger partial charge in [0.15, 0.2) is 0 Å². The van der Waals surface area contributed by atoms with E-state index in [2.05, 4.69) is 20.4 Å². The monoisotopic (exact) mass is 791 g/mol. The molecule has 2 amide bonds. The topological polar surface area (TPSA) is 102 Å². The van der Waals surface area contributed by atoms with Crippen molar-refractivity contribution in [1.29, 1.82) is 0 Å². The highest BCUT2D eigenvalue weighted by Gasteiger charge is 2.39. The van der Waals surface area contributed by atoms with Gasteiger partial charge in [-0.25, -0.2) is 0 Å². The van der Waals surface area contributed by atoms with E-state index in [-0.39, 0.29) is 53.3 Å². The van der Waals surface area contributed by atoms with Crippen molar-refractivity contribution in [2.75, 3.05) is 0 Å². The summed E-state index contributed by atoms with van der Waals surface area (Å²) in [6.07, 6.45) is 15.7. The second kappa shape index (κ2) is 19.8. The van der Waals surface area contributed by atoms with Gasteiger partial charge in [0.2, 0.25) is 11.8 Å². The molecule has 0 radical (unpaired) electrons. The molecule has 0 aliphatic heterocycles. The maximum absolute atomic E-state index is 13.6. The summed E-state index contributed by atoms with van der Waals surface area (Å²) in [4.78, 5) is 68.5. The number of nitrogens with zero attached hydrogens (tertiary/aromatic N) is 4. The predicted octanol–water partition coefficient (Wildman–Crippen LogP) is 9.40. The van der Waals surface area contributed by atoms with Crippen LogP contribution in [0.25, 0.3) is 21.8 Å². The molecular weight excluding hydrogens is 725 g/mol. The van der Waals surface area contributed by atoms with Crippen LogP contribution in [0.2, 0.25) is 0 Å². The van der Waals surface area contributed by atoms with Crippen LogP contribution in [-0.4, -0.2) is 48.1 Å². The fourth-order valence-electron chi connectivity index (χ4n) is 9.14. The third kappa shape index (κ3) is 9.73. The summed E-state index contributed by atoms with van der Waals surface area (Å²) in [6, 6.07) is 19.5. The van der Waals surface area contributed by atoms with Gasteiger partial charge in [-0.1, -0.05) is 94.8 Å². The lowest BCUT2D eigenvalue weighted by Gasteiger charge is -2.43. The summed E-state index contributed by atoms with van der Waals surface area (Å²) in [7, 11) is 3.58. The minimum Gasteiger partial charge on any atom is -0.332 e. The summed E-state index contributed by atoms with van der Waals surface area (Å²) < 4.78 is 3.35. The van der Waals surface area contributed by atoms with Gasteiger partial charge in [0, 0.05) is 54.6 Å². The number of benzene rings is 2. The van der Waals surface area contributed by atoms with Crippen molar-refractivity contribution in [3.63, 3.8) is 0 Å². The molecule has 9 nitrogen and oxygen atoms in total. The summed E-state index contributed by atoms with van der Waals surface area (Å²) in [5, 5.41) is 2.00. The zero-order chi connectivity index (χ0) is 42.0. The lowest BCUT2D eigenvalue weighted by atomic mass is 9.85. The number of hydrogen-bond donors (Lipinski definition) is 0. The molecule has 2 unspecified atom stereocenters. The standard InChI is InChI=1S/C25H34N2O2.C24H32N2O3/c1-5-16-25(3,6-2)27(24(29)19-12-8-7-9-13-19)18-21-17-20-14-10-11-15-22(20)26(4)23(21)28;1-4-24(2,14-15-27)26(23(29)18-10-6-5-7-11-18)17-20-16-19-12-8-9-13-21(19)25(3)22(20)28/h5,10-11,14-15,17,19H,1,6-9,12-13,16,18H2,2-4H3;8-9,12-13,15-16,18H,4-7,10-11,14,17H2,1-3H3. The van der Waals surface area contributed by atoms with Crippen molar-refractivity contribution < 1.29 is 14.4 Å². The molecular formula is C49H66N4O5. The van der Waals surface area contributed by atoms with Crippen molar-refractivity contribution in [1.82, 2.24) is 18.9 Å². The van der Waals surface area contributed by atoms with Gasteiger partial charge in [-0.3, -0.25) is 19.2 Å². The average molecular weight is 791 g/mol. The molecule has 4 aromatic rings. The van der Waals surface area contributed by atoms with Crippen LogP contribution in [0.3, 0.4) is 0 Å². The Morgan fingerprint density at radius 3 is 1.41 bits per heavy atom. The first-order valence-corrected chi connectivity index (χ1v) is 21.6. The van der Waals surface area contributed by atoms with Gasteiger partial charge in [-0.15, -0.1) is 6.58 Å². The van der Waals surface area contributed by atoms with Crippen LogP contribution in [-0.2, 0) is 41.6 Å². The third-order valence-corrected chi connectivity index (χ3v) is 13.4. The van der Waals surface area contributed by atoms with Crippen LogP contribution in [0.5, 0.6) is 0 Å². The zero-order valence-corrected chi connectivity index (χ0v) is 35.9. The van der Waals surface area contributed by atoms with Crippen LogP contribution in [0, 0.1) is 11.8 Å². The Kier molecular flexibility index (Phi) is 15.1. The molecule has 2 aliphatic carbocycles. The molecule has 0 saturated heterocycles. The normalized spacial score (nSPS) is 17.1. The van der Waals surface area contributed by atoms with Gasteiger partial charge in [-0.2, -0.15) is 0 Å². The lowest BCUT2D eigenvalue weighted by molar-refractivity contribution is -0.145. The van der Waals surface area contributed by atoms with Gasteiger partial charge in [0.25, 0.3) is 11.1 Å². The first kappa shape index (κ1) is 44.3. The minimum atomic E-state index is -0.590. The molecule has 9 heteroatoms. The Hall–Kier alpha value is -4.79. The number of rotatable bonds is 14. The number of aromatic nitrogens is 2. The van der Waals surface area contributed by atoms with E-state index in [1.54, 1.807) is 16.2 Å². The molecule has 58 heavy (non-hydrogen) atoms. The molecule has 0 bridgehead atoms. The molecule has 312 valence electrons. The first-order chi connectivity index (χ1) is 27.8. The maximum Gasteiger partial charge on any atom is 0.255 e. The second-order valence-electron chi connectivity index (χ2n) is 17.3. The number of fused-ring (bicyclic) bond motifs is 2. The maximum atomic E-state index is 13.6. The molecule has 2 aromatic carbocycles. The predicted molar refractivity (Wildman–Crippen MR) is 236 cm³/mol. The number of carbonyl (C=O) groups is 3. The highest BCUT2D eigenvalue weighted by Crippen LogP contribution is 2.34. The lowest BCUT2D eigenvalue weighted by Crippen LogP contribution is -2.52. The Morgan fingerprint density at radius 2 is 1.05 bits per heavy atom. The third-order valence-electron chi connectivity index (χ3n) is 13.4. The zero-order valence-electron chi connectivity index (χ0n) is 35.9. The van der Waals surface area contributed by atoms with Crippen molar-refractivity contribution in [2.45, 2.75) is 142 Å². The van der Waals surface area contributed by atoms with Crippen molar-refractivity contribution in [2.24, 2.45) is 25.9 Å². The molecule has 2 saturated carbocycles. The fraction of sp³-hybridized carbons (Fsp3) is 0.531. The molecule has 0 N–H and O–H groups in total. The highest BCUT2D eigenvalue weighted by atomic mass is 16.2. The number of aryl methyl sites for hydroxylation is 2. The fourth-order valence-corrected chi connectivity index (χ4v) is 9.14. The van der Waals surface area contributed by atoms with E-state index >= 15 is 0 Å². The number of para-hydroxylation sites is 2. The van der Waals surface area contributed by atoms with E-state index in [0.29, 0.717) is 24.1 Å². The van der Waals surface area contributed by atoms with Crippen molar-refractivity contribution >= 4 is 39.9 Å². The number of pyridine rings is 2. The number of hydrogen-bond acceptors (Lipinski definition) is 5. The number of amides is 2. The molecule has 6 rings (SSSR count). The minimum absolute atomic E-state index is 0.00872. The molecule has 0 spiro atoms. The molecule has 2 aliphatic rings. The van der Waals surface area contributed by atoms with E-state index in [1.807, 2.05) is 97.4 Å². The van der Waals surface area contributed by atoms with Gasteiger partial charge in [0.05, 0.1) is 24.1 Å². The molecule has 2 fully saturated rings. The van der Waals surface area contributed by atoms with E-state index < -0.39 is 5.54 Å². The second-order valence-corrected chi connectivity index (χ2v) is 17.3. The Morgan fingerprint density at radius 1 is 0.672 bits per heavy atom. The highest BCUT2D eigenvalue weighted by molar-refractivity contribution is 5.83. The smallest absolute Gasteiger partial charge is 0.255 e. The average Bonchev–Trinajstić information content (AvgIpc) is 3.25. The van der Waals surface area contributed by atoms with Crippen LogP contribution in [0.15, 0.2) is 82.9 Å². The Labute approximate surface area is 345 Å². The first-order valence-electron chi connectivity index (χ1n) is 21.6. The molecule has 2 aromatic heterocycles.